The van der Waals surface area contributed by atoms with Crippen molar-refractivity contribution in [2.24, 2.45) is 0 Å². The summed E-state index contributed by atoms with van der Waals surface area (Å²) in [5, 5.41) is 20.6. The van der Waals surface area contributed by atoms with E-state index < -0.39 is 0 Å². The Morgan fingerprint density at radius 3 is 2.58 bits per heavy atom. The van der Waals surface area contributed by atoms with Crippen molar-refractivity contribution in [2.45, 2.75) is 38.5 Å². The van der Waals surface area contributed by atoms with Crippen molar-refractivity contribution in [1.29, 1.82) is 0 Å². The zero-order chi connectivity index (χ0) is 21.8. The minimum Gasteiger partial charge on any atom is -0.507 e. The number of rotatable bonds is 6. The molecule has 0 spiro atoms. The van der Waals surface area contributed by atoms with Crippen molar-refractivity contribution in [3.8, 4) is 17.0 Å². The number of hydrogen-bond donors (Lipinski definition) is 3. The van der Waals surface area contributed by atoms with Crippen molar-refractivity contribution in [1.82, 2.24) is 15.1 Å². The molecule has 31 heavy (non-hydrogen) atoms. The van der Waals surface area contributed by atoms with Crippen molar-refractivity contribution < 1.29 is 14.7 Å². The maximum absolute atomic E-state index is 12.9. The van der Waals surface area contributed by atoms with Crippen molar-refractivity contribution in [2.75, 3.05) is 11.9 Å². The van der Waals surface area contributed by atoms with Crippen LogP contribution in [0.1, 0.15) is 43.4 Å². The van der Waals surface area contributed by atoms with Gasteiger partial charge in [-0.15, -0.1) is 0 Å². The number of carbonyl (C=O) groups excluding carboxylic acids is 2. The normalized spacial score (nSPS) is 13.5. The van der Waals surface area contributed by atoms with Crippen molar-refractivity contribution in [3.63, 3.8) is 0 Å². The van der Waals surface area contributed by atoms with Crippen LogP contribution in [0, 0.1) is 0 Å². The third-order valence-corrected chi connectivity index (χ3v) is 5.58. The standard InChI is InChI=1S/C24H26N4O3/c1-16(29)26-19-10-11-23(30)20(14-19)21-15-22(18-8-5-9-18)28(27-21)24(31)25-13-12-17-6-3-2-4-7-17/h2-4,6-7,10-11,14-15,18,30H,5,8-9,12-13H2,1H3,(H,25,31)(H,26,29). The smallest absolute Gasteiger partial charge is 0.342 e. The van der Waals surface area contributed by atoms with E-state index in [2.05, 4.69) is 15.7 Å². The first-order chi connectivity index (χ1) is 15.0. The number of amides is 2. The fourth-order valence-corrected chi connectivity index (χ4v) is 3.74. The third kappa shape index (κ3) is 4.77. The molecule has 0 unspecified atom stereocenters. The van der Waals surface area contributed by atoms with E-state index in [1.807, 2.05) is 36.4 Å². The third-order valence-electron chi connectivity index (χ3n) is 5.58. The highest BCUT2D eigenvalue weighted by Gasteiger charge is 2.27. The van der Waals surface area contributed by atoms with Gasteiger partial charge in [0.15, 0.2) is 0 Å². The van der Waals surface area contributed by atoms with Crippen LogP contribution in [0.2, 0.25) is 0 Å². The number of anilines is 1. The van der Waals surface area contributed by atoms with E-state index in [0.717, 1.165) is 36.9 Å². The Morgan fingerprint density at radius 1 is 1.13 bits per heavy atom. The Balaban J connectivity index is 1.57. The van der Waals surface area contributed by atoms with E-state index in [9.17, 15) is 14.7 Å². The first-order valence-corrected chi connectivity index (χ1v) is 10.5. The summed E-state index contributed by atoms with van der Waals surface area (Å²) in [6.07, 6.45) is 3.89. The highest BCUT2D eigenvalue weighted by molar-refractivity contribution is 5.90. The molecule has 0 aliphatic heterocycles. The van der Waals surface area contributed by atoms with Crippen molar-refractivity contribution >= 4 is 17.6 Å². The van der Waals surface area contributed by atoms with Gasteiger partial charge in [-0.2, -0.15) is 9.78 Å². The molecule has 1 aliphatic rings. The van der Waals surface area contributed by atoms with Crippen LogP contribution < -0.4 is 10.6 Å². The number of aromatic nitrogens is 2. The molecule has 3 N–H and O–H groups in total. The predicted molar refractivity (Wildman–Crippen MR) is 119 cm³/mol. The summed E-state index contributed by atoms with van der Waals surface area (Å²) in [5.41, 5.74) is 3.55. The lowest BCUT2D eigenvalue weighted by Crippen LogP contribution is -2.33. The quantitative estimate of drug-likeness (QED) is 0.521. The second kappa shape index (κ2) is 9.04. The Morgan fingerprint density at radius 2 is 1.90 bits per heavy atom. The Kier molecular flexibility index (Phi) is 6.02. The number of benzene rings is 2. The molecular formula is C24H26N4O3. The van der Waals surface area contributed by atoms with Crippen LogP contribution in [0.15, 0.2) is 54.6 Å². The Bertz CT molecular complexity index is 1090. The molecule has 0 saturated heterocycles. The summed E-state index contributed by atoms with van der Waals surface area (Å²) >= 11 is 0. The van der Waals surface area contributed by atoms with Gasteiger partial charge >= 0.3 is 6.03 Å². The SMILES string of the molecule is CC(=O)Nc1ccc(O)c(-c2cc(C3CCC3)n(C(=O)NCCc3ccccc3)n2)c1. The van der Waals surface area contributed by atoms with Crippen LogP contribution >= 0.6 is 0 Å². The molecule has 3 aromatic rings. The van der Waals surface area contributed by atoms with E-state index >= 15 is 0 Å². The van der Waals surface area contributed by atoms with Gasteiger partial charge in [0.1, 0.15) is 5.75 Å². The topological polar surface area (TPSA) is 96.2 Å². The van der Waals surface area contributed by atoms with Gasteiger partial charge in [0.05, 0.1) is 11.4 Å². The molecule has 2 amide bonds. The average molecular weight is 418 g/mol. The Hall–Kier alpha value is -3.61. The molecule has 1 fully saturated rings. The molecule has 0 radical (unpaired) electrons. The van der Waals surface area contributed by atoms with Gasteiger partial charge in [-0.3, -0.25) is 4.79 Å². The monoisotopic (exact) mass is 418 g/mol. The first kappa shape index (κ1) is 20.7. The molecule has 0 bridgehead atoms. The van der Waals surface area contributed by atoms with Crippen LogP contribution in [0.3, 0.4) is 0 Å². The van der Waals surface area contributed by atoms with E-state index in [4.69, 9.17) is 0 Å². The molecule has 1 aromatic heterocycles. The van der Waals surface area contributed by atoms with Gasteiger partial charge in [0, 0.05) is 30.6 Å². The van der Waals surface area contributed by atoms with Crippen LogP contribution in [0.5, 0.6) is 5.75 Å². The zero-order valence-electron chi connectivity index (χ0n) is 17.5. The summed E-state index contributed by atoms with van der Waals surface area (Å²) in [5.74, 6) is 0.125. The second-order valence-electron chi connectivity index (χ2n) is 7.87. The minimum absolute atomic E-state index is 0.0448. The molecule has 2 aromatic carbocycles. The number of nitrogens with one attached hydrogen (secondary N) is 2. The Labute approximate surface area is 181 Å². The number of phenolic OH excluding ortho intramolecular Hbond substituents is 1. The number of nitrogens with zero attached hydrogens (tertiary/aromatic N) is 2. The van der Waals surface area contributed by atoms with Crippen LogP contribution in [0.25, 0.3) is 11.3 Å². The van der Waals surface area contributed by atoms with Gasteiger partial charge in [0.25, 0.3) is 0 Å². The summed E-state index contributed by atoms with van der Waals surface area (Å²) in [4.78, 5) is 24.3. The molecule has 160 valence electrons. The predicted octanol–water partition coefficient (Wildman–Crippen LogP) is 4.28. The van der Waals surface area contributed by atoms with Crippen LogP contribution in [0.4, 0.5) is 10.5 Å². The molecule has 1 aliphatic carbocycles. The maximum Gasteiger partial charge on any atom is 0.342 e. The maximum atomic E-state index is 12.9. The highest BCUT2D eigenvalue weighted by atomic mass is 16.3. The number of phenols is 1. The molecule has 0 atom stereocenters. The van der Waals surface area contributed by atoms with Crippen LogP contribution in [-0.4, -0.2) is 33.4 Å². The van der Waals surface area contributed by atoms with E-state index in [0.29, 0.717) is 23.5 Å². The summed E-state index contributed by atoms with van der Waals surface area (Å²) < 4.78 is 1.43. The minimum atomic E-state index is -0.276. The van der Waals surface area contributed by atoms with Gasteiger partial charge < -0.3 is 15.7 Å². The number of carbonyl (C=O) groups is 2. The zero-order valence-corrected chi connectivity index (χ0v) is 17.5. The first-order valence-electron chi connectivity index (χ1n) is 10.5. The molecular weight excluding hydrogens is 392 g/mol. The molecule has 1 saturated carbocycles. The number of aromatic hydroxyl groups is 1. The lowest BCUT2D eigenvalue weighted by Gasteiger charge is -2.25. The second-order valence-corrected chi connectivity index (χ2v) is 7.87. The van der Waals surface area contributed by atoms with Gasteiger partial charge in [-0.25, -0.2) is 4.79 Å². The lowest BCUT2D eigenvalue weighted by atomic mass is 9.82. The van der Waals surface area contributed by atoms with Crippen molar-refractivity contribution in [3.05, 3.63) is 65.9 Å². The lowest BCUT2D eigenvalue weighted by molar-refractivity contribution is -0.114. The summed E-state index contributed by atoms with van der Waals surface area (Å²) in [6.45, 7) is 1.93. The largest absolute Gasteiger partial charge is 0.507 e. The van der Waals surface area contributed by atoms with Gasteiger partial charge in [-0.05, 0) is 49.1 Å². The van der Waals surface area contributed by atoms with Gasteiger partial charge in [-0.1, -0.05) is 36.8 Å². The number of hydrogen-bond acceptors (Lipinski definition) is 4. The fraction of sp³-hybridized carbons (Fsp3) is 0.292. The molecule has 7 nitrogen and oxygen atoms in total. The van der Waals surface area contributed by atoms with Gasteiger partial charge in [0.2, 0.25) is 5.91 Å². The van der Waals surface area contributed by atoms with E-state index in [1.165, 1.54) is 17.7 Å². The summed E-state index contributed by atoms with van der Waals surface area (Å²) in [6, 6.07) is 16.4. The summed E-state index contributed by atoms with van der Waals surface area (Å²) in [7, 11) is 0. The van der Waals surface area contributed by atoms with E-state index in [-0.39, 0.29) is 23.6 Å². The molecule has 1 heterocycles. The fourth-order valence-electron chi connectivity index (χ4n) is 3.74. The highest BCUT2D eigenvalue weighted by Crippen LogP contribution is 2.39. The van der Waals surface area contributed by atoms with Crippen LogP contribution in [-0.2, 0) is 11.2 Å². The van der Waals surface area contributed by atoms with E-state index in [1.54, 1.807) is 12.1 Å². The molecule has 7 heteroatoms. The molecule has 4 rings (SSSR count). The average Bonchev–Trinajstić information content (AvgIpc) is 3.13.